The van der Waals surface area contributed by atoms with E-state index in [1.54, 1.807) is 22.8 Å². The number of ketones is 1. The van der Waals surface area contributed by atoms with Gasteiger partial charge in [-0.15, -0.1) is 0 Å². The fourth-order valence-corrected chi connectivity index (χ4v) is 3.48. The van der Waals surface area contributed by atoms with Gasteiger partial charge in [-0.1, -0.05) is 30.3 Å². The molecule has 156 valence electrons. The number of fused-ring (bicyclic) bond motifs is 1. The van der Waals surface area contributed by atoms with E-state index >= 15 is 0 Å². The molecule has 0 aliphatic carbocycles. The third-order valence-electron chi connectivity index (χ3n) is 5.12. The highest BCUT2D eigenvalue weighted by Gasteiger charge is 2.32. The fraction of sp³-hybridized carbons (Fsp3) is 0.350. The highest BCUT2D eigenvalue weighted by Crippen LogP contribution is 2.21. The molecule has 0 spiro atoms. The van der Waals surface area contributed by atoms with Crippen molar-refractivity contribution < 1.29 is 14.4 Å². The summed E-state index contributed by atoms with van der Waals surface area (Å²) in [6.07, 6.45) is 0.363. The predicted molar refractivity (Wildman–Crippen MR) is 110 cm³/mol. The van der Waals surface area contributed by atoms with E-state index in [1.165, 1.54) is 11.8 Å². The van der Waals surface area contributed by atoms with Crippen molar-refractivity contribution in [1.82, 2.24) is 25.4 Å². The zero-order chi connectivity index (χ0) is 21.3. The van der Waals surface area contributed by atoms with Crippen molar-refractivity contribution in [3.8, 4) is 0 Å². The van der Waals surface area contributed by atoms with E-state index in [4.69, 9.17) is 0 Å². The Labute approximate surface area is 173 Å². The molecule has 0 radical (unpaired) electrons. The van der Waals surface area contributed by atoms with E-state index in [0.717, 1.165) is 5.56 Å². The van der Waals surface area contributed by atoms with Gasteiger partial charge in [-0.05, 0) is 12.0 Å². The average molecular weight is 409 g/mol. The van der Waals surface area contributed by atoms with Crippen LogP contribution in [0, 0.1) is 0 Å². The van der Waals surface area contributed by atoms with E-state index in [9.17, 15) is 14.4 Å². The van der Waals surface area contributed by atoms with Gasteiger partial charge in [0.15, 0.2) is 5.78 Å². The van der Waals surface area contributed by atoms with Gasteiger partial charge in [-0.25, -0.2) is 4.68 Å². The highest BCUT2D eigenvalue weighted by molar-refractivity contribution is 6.38. The van der Waals surface area contributed by atoms with Crippen LogP contribution >= 0.6 is 0 Å². The zero-order valence-corrected chi connectivity index (χ0v) is 16.8. The maximum absolute atomic E-state index is 12.9. The first kappa shape index (κ1) is 19.6. The second-order valence-corrected chi connectivity index (χ2v) is 7.31. The number of nitrogens with one attached hydrogen (secondary N) is 2. The van der Waals surface area contributed by atoms with Crippen LogP contribution in [0.15, 0.2) is 41.5 Å². The standard InChI is InChI=1S/C20H23N7O3/c1-13(28)16-10-17-25(2)20(30)15(8-9-27(17)23-16)22-19(29)18-21-12-26(24-18)11-14-6-4-3-5-7-14/h3-7,10,15H,8-9,11-12H2,1-2H3,(H,21,24)(H,22,29)/t15-/m0/s1. The molecule has 30 heavy (non-hydrogen) atoms. The molecule has 1 aromatic carbocycles. The molecule has 1 aromatic heterocycles. The molecular formula is C20H23N7O3. The summed E-state index contributed by atoms with van der Waals surface area (Å²) >= 11 is 0. The summed E-state index contributed by atoms with van der Waals surface area (Å²) in [6.45, 7) is 2.84. The van der Waals surface area contributed by atoms with Crippen molar-refractivity contribution >= 4 is 29.3 Å². The van der Waals surface area contributed by atoms with Crippen LogP contribution in [0.1, 0.15) is 29.4 Å². The van der Waals surface area contributed by atoms with Gasteiger partial charge >= 0.3 is 0 Å². The molecule has 0 saturated heterocycles. The van der Waals surface area contributed by atoms with Crippen molar-refractivity contribution in [1.29, 1.82) is 0 Å². The quantitative estimate of drug-likeness (QED) is 0.688. The minimum absolute atomic E-state index is 0.161. The lowest BCUT2D eigenvalue weighted by Crippen LogP contribution is -2.50. The van der Waals surface area contributed by atoms with Crippen molar-refractivity contribution in [3.05, 3.63) is 47.7 Å². The summed E-state index contributed by atoms with van der Waals surface area (Å²) in [5.41, 5.74) is 1.40. The summed E-state index contributed by atoms with van der Waals surface area (Å²) < 4.78 is 1.62. The molecule has 2 aliphatic rings. The Morgan fingerprint density at radius 1 is 1.27 bits per heavy atom. The second kappa shape index (κ2) is 7.97. The van der Waals surface area contributed by atoms with Gasteiger partial charge in [0.25, 0.3) is 11.8 Å². The van der Waals surface area contributed by atoms with Crippen LogP contribution in [0.2, 0.25) is 0 Å². The minimum atomic E-state index is -0.711. The van der Waals surface area contributed by atoms with Crippen LogP contribution in [0.25, 0.3) is 0 Å². The van der Waals surface area contributed by atoms with Crippen LogP contribution in [-0.2, 0) is 22.7 Å². The second-order valence-electron chi connectivity index (χ2n) is 7.31. The lowest BCUT2D eigenvalue weighted by atomic mass is 10.2. The number of amides is 2. The number of aromatic nitrogens is 2. The number of carbonyl (C=O) groups is 3. The Morgan fingerprint density at radius 2 is 2.03 bits per heavy atom. The molecular weight excluding hydrogens is 386 g/mol. The average Bonchev–Trinajstić information content (AvgIpc) is 3.36. The molecule has 0 bridgehead atoms. The van der Waals surface area contributed by atoms with Crippen LogP contribution in [0.4, 0.5) is 5.82 Å². The molecule has 0 unspecified atom stereocenters. The number of Topliss-reactive ketones (excluding diaryl/α,β-unsaturated/α-hetero) is 1. The molecule has 0 saturated carbocycles. The van der Waals surface area contributed by atoms with Crippen LogP contribution in [-0.4, -0.2) is 58.0 Å². The molecule has 1 atom stereocenters. The first-order valence-electron chi connectivity index (χ1n) is 9.71. The van der Waals surface area contributed by atoms with E-state index in [2.05, 4.69) is 20.8 Å². The van der Waals surface area contributed by atoms with Gasteiger partial charge in [0.1, 0.15) is 24.2 Å². The van der Waals surface area contributed by atoms with Gasteiger partial charge in [-0.2, -0.15) is 10.2 Å². The smallest absolute Gasteiger partial charge is 0.289 e. The molecule has 2 aromatic rings. The Morgan fingerprint density at radius 3 is 2.77 bits per heavy atom. The van der Waals surface area contributed by atoms with Gasteiger partial charge in [0.05, 0.1) is 6.54 Å². The van der Waals surface area contributed by atoms with E-state index in [0.29, 0.717) is 37.7 Å². The number of benzene rings is 1. The molecule has 4 rings (SSSR count). The largest absolute Gasteiger partial charge is 0.345 e. The first-order chi connectivity index (χ1) is 14.4. The monoisotopic (exact) mass is 409 g/mol. The number of anilines is 1. The molecule has 10 heteroatoms. The molecule has 2 amide bonds. The molecule has 3 heterocycles. The van der Waals surface area contributed by atoms with Crippen molar-refractivity contribution in [3.63, 3.8) is 0 Å². The molecule has 10 nitrogen and oxygen atoms in total. The SMILES string of the molecule is CC(=O)c1cc2n(n1)CC[C@H](NC(=O)C1=NN(Cc3ccccc3)CN1)C(=O)N2C. The molecule has 0 fully saturated rings. The number of likely N-dealkylation sites (N-methyl/N-ethyl adjacent to an activating group) is 1. The number of hydrogen-bond donors (Lipinski definition) is 2. The normalized spacial score (nSPS) is 18.4. The fourth-order valence-electron chi connectivity index (χ4n) is 3.48. The number of nitrogens with zero attached hydrogens (tertiary/aromatic N) is 5. The predicted octanol–water partition coefficient (Wildman–Crippen LogP) is 0.313. The van der Waals surface area contributed by atoms with E-state index in [-0.39, 0.29) is 17.5 Å². The summed E-state index contributed by atoms with van der Waals surface area (Å²) in [5.74, 6) is -0.140. The summed E-state index contributed by atoms with van der Waals surface area (Å²) in [7, 11) is 1.61. The van der Waals surface area contributed by atoms with Crippen LogP contribution in [0.3, 0.4) is 0 Å². The minimum Gasteiger partial charge on any atom is -0.345 e. The van der Waals surface area contributed by atoms with Crippen molar-refractivity contribution in [2.75, 3.05) is 18.6 Å². The Balaban J connectivity index is 1.41. The number of aryl methyl sites for hydroxylation is 1. The van der Waals surface area contributed by atoms with Gasteiger partial charge in [0.2, 0.25) is 5.84 Å². The summed E-state index contributed by atoms with van der Waals surface area (Å²) in [6, 6.07) is 10.7. The number of amidine groups is 1. The van der Waals surface area contributed by atoms with Gasteiger partial charge in [0, 0.05) is 26.6 Å². The van der Waals surface area contributed by atoms with E-state index in [1.807, 2.05) is 30.3 Å². The highest BCUT2D eigenvalue weighted by atomic mass is 16.2. The Bertz CT molecular complexity index is 1010. The number of hydrazone groups is 1. The molecule has 2 aliphatic heterocycles. The molecule has 2 N–H and O–H groups in total. The van der Waals surface area contributed by atoms with Crippen molar-refractivity contribution in [2.45, 2.75) is 32.5 Å². The van der Waals surface area contributed by atoms with Crippen molar-refractivity contribution in [2.24, 2.45) is 5.10 Å². The number of hydrogen-bond acceptors (Lipinski definition) is 7. The first-order valence-corrected chi connectivity index (χ1v) is 9.71. The van der Waals surface area contributed by atoms with E-state index < -0.39 is 11.9 Å². The summed E-state index contributed by atoms with van der Waals surface area (Å²) in [5, 5.41) is 16.1. The maximum Gasteiger partial charge on any atom is 0.289 e. The Hall–Kier alpha value is -3.69. The number of rotatable bonds is 5. The van der Waals surface area contributed by atoms with Gasteiger partial charge in [-0.3, -0.25) is 24.3 Å². The van der Waals surface area contributed by atoms with Crippen LogP contribution in [0.5, 0.6) is 0 Å². The lowest BCUT2D eigenvalue weighted by molar-refractivity contribution is -0.124. The maximum atomic E-state index is 12.9. The summed E-state index contributed by atoms with van der Waals surface area (Å²) in [4.78, 5) is 38.5. The number of carbonyl (C=O) groups excluding carboxylic acids is 3. The van der Waals surface area contributed by atoms with Crippen LogP contribution < -0.4 is 15.5 Å². The topological polar surface area (TPSA) is 112 Å². The van der Waals surface area contributed by atoms with Gasteiger partial charge < -0.3 is 10.6 Å². The third kappa shape index (κ3) is 3.88. The zero-order valence-electron chi connectivity index (χ0n) is 16.8. The lowest BCUT2D eigenvalue weighted by Gasteiger charge is -2.20. The third-order valence-corrected chi connectivity index (χ3v) is 5.12. The Kier molecular flexibility index (Phi) is 5.21.